The van der Waals surface area contributed by atoms with Crippen LogP contribution in [0.1, 0.15) is 15.9 Å². The molecule has 0 aliphatic carbocycles. The summed E-state index contributed by atoms with van der Waals surface area (Å²) in [6.45, 7) is 0. The van der Waals surface area contributed by atoms with Crippen molar-refractivity contribution in [3.63, 3.8) is 0 Å². The minimum Gasteiger partial charge on any atom is -0.478 e. The largest absolute Gasteiger partial charge is 0.478 e. The summed E-state index contributed by atoms with van der Waals surface area (Å²) >= 11 is 15.9. The predicted octanol–water partition coefficient (Wildman–Crippen LogP) is 5.21. The van der Waals surface area contributed by atoms with Gasteiger partial charge in [0.05, 0.1) is 21.2 Å². The Morgan fingerprint density at radius 2 is 1.92 bits per heavy atom. The normalized spacial score (nSPS) is 15.9. The molecule has 2 aromatic rings. The number of nitrogens with zero attached hydrogens (tertiary/aromatic N) is 1. The number of carboxylic acid groups (broad SMARTS) is 1. The molecule has 1 fully saturated rings. The highest BCUT2D eigenvalue weighted by atomic mass is 79.9. The van der Waals surface area contributed by atoms with E-state index < -0.39 is 5.97 Å². The molecule has 1 saturated heterocycles. The number of amides is 1. The zero-order chi connectivity index (χ0) is 18.1. The molecule has 1 amide bonds. The van der Waals surface area contributed by atoms with Gasteiger partial charge in [-0.05, 0) is 57.9 Å². The molecular weight excluding hydrogens is 446 g/mol. The zero-order valence-corrected chi connectivity index (χ0v) is 16.4. The molecule has 0 spiro atoms. The molecule has 1 aliphatic rings. The molecular formula is C17H9BrClNO3S2. The Kier molecular flexibility index (Phi) is 5.29. The van der Waals surface area contributed by atoms with Gasteiger partial charge in [0.1, 0.15) is 0 Å². The van der Waals surface area contributed by atoms with Gasteiger partial charge in [0.2, 0.25) is 0 Å². The highest BCUT2D eigenvalue weighted by Gasteiger charge is 2.33. The van der Waals surface area contributed by atoms with Crippen molar-refractivity contribution in [3.05, 3.63) is 68.0 Å². The lowest BCUT2D eigenvalue weighted by Crippen LogP contribution is -2.27. The second kappa shape index (κ2) is 7.29. The predicted molar refractivity (Wildman–Crippen MR) is 108 cm³/mol. The zero-order valence-electron chi connectivity index (χ0n) is 12.4. The van der Waals surface area contributed by atoms with Crippen LogP contribution in [-0.2, 0) is 4.79 Å². The van der Waals surface area contributed by atoms with Crippen LogP contribution in [0.5, 0.6) is 0 Å². The molecule has 0 radical (unpaired) electrons. The molecule has 1 N–H and O–H groups in total. The number of carbonyl (C=O) groups is 2. The average molecular weight is 455 g/mol. The molecule has 0 saturated carbocycles. The van der Waals surface area contributed by atoms with Crippen LogP contribution in [0.15, 0.2) is 51.8 Å². The number of thiocarbonyl (C=S) groups is 1. The molecule has 126 valence electrons. The highest BCUT2D eigenvalue weighted by molar-refractivity contribution is 9.10. The van der Waals surface area contributed by atoms with Gasteiger partial charge < -0.3 is 5.11 Å². The third kappa shape index (κ3) is 3.79. The number of benzene rings is 2. The molecule has 0 atom stereocenters. The smallest absolute Gasteiger partial charge is 0.335 e. The molecule has 25 heavy (non-hydrogen) atoms. The molecule has 1 aliphatic heterocycles. The Morgan fingerprint density at radius 1 is 1.24 bits per heavy atom. The van der Waals surface area contributed by atoms with E-state index >= 15 is 0 Å². The summed E-state index contributed by atoms with van der Waals surface area (Å²) in [6, 6.07) is 11.4. The van der Waals surface area contributed by atoms with Gasteiger partial charge in [0, 0.05) is 4.47 Å². The van der Waals surface area contributed by atoms with Gasteiger partial charge >= 0.3 is 5.97 Å². The lowest BCUT2D eigenvalue weighted by atomic mass is 10.1. The summed E-state index contributed by atoms with van der Waals surface area (Å²) in [4.78, 5) is 25.5. The van der Waals surface area contributed by atoms with Gasteiger partial charge in [-0.2, -0.15) is 0 Å². The Bertz CT molecular complexity index is 928. The minimum absolute atomic E-state index is 0.189. The molecule has 0 bridgehead atoms. The van der Waals surface area contributed by atoms with E-state index in [1.54, 1.807) is 36.4 Å². The summed E-state index contributed by atoms with van der Waals surface area (Å²) in [6.07, 6.45) is 1.69. The summed E-state index contributed by atoms with van der Waals surface area (Å²) in [5.74, 6) is -1.24. The number of hydrogen-bond acceptors (Lipinski definition) is 4. The summed E-state index contributed by atoms with van der Waals surface area (Å²) in [7, 11) is 0. The van der Waals surface area contributed by atoms with Gasteiger partial charge in [-0.15, -0.1) is 0 Å². The third-order valence-electron chi connectivity index (χ3n) is 3.41. The van der Waals surface area contributed by atoms with Crippen molar-refractivity contribution >= 4 is 79.5 Å². The number of anilines is 1. The van der Waals surface area contributed by atoms with Crippen LogP contribution in [0.2, 0.25) is 5.02 Å². The van der Waals surface area contributed by atoms with Crippen molar-refractivity contribution in [1.82, 2.24) is 0 Å². The first-order chi connectivity index (χ1) is 11.9. The number of halogens is 2. The molecule has 0 unspecified atom stereocenters. The van der Waals surface area contributed by atoms with Crippen molar-refractivity contribution in [1.29, 1.82) is 0 Å². The molecule has 3 rings (SSSR count). The summed E-state index contributed by atoms with van der Waals surface area (Å²) < 4.78 is 1.15. The Balaban J connectivity index is 1.90. The maximum Gasteiger partial charge on any atom is 0.335 e. The van der Waals surface area contributed by atoms with E-state index in [-0.39, 0.29) is 11.5 Å². The van der Waals surface area contributed by atoms with Crippen LogP contribution in [-0.4, -0.2) is 21.3 Å². The van der Waals surface area contributed by atoms with Gasteiger partial charge in [0.25, 0.3) is 5.91 Å². The molecule has 8 heteroatoms. The van der Waals surface area contributed by atoms with Crippen molar-refractivity contribution in [2.45, 2.75) is 0 Å². The summed E-state index contributed by atoms with van der Waals surface area (Å²) in [5.41, 5.74) is 1.51. The first kappa shape index (κ1) is 18.1. The van der Waals surface area contributed by atoms with Crippen LogP contribution in [0, 0.1) is 0 Å². The van der Waals surface area contributed by atoms with Crippen molar-refractivity contribution in [2.24, 2.45) is 0 Å². The van der Waals surface area contributed by atoms with Crippen LogP contribution in [0.25, 0.3) is 6.08 Å². The maximum atomic E-state index is 12.7. The Morgan fingerprint density at radius 3 is 2.52 bits per heavy atom. The minimum atomic E-state index is -0.995. The fraction of sp³-hybridized carbons (Fsp3) is 0. The van der Waals surface area contributed by atoms with Crippen LogP contribution >= 0.6 is 51.5 Å². The van der Waals surface area contributed by atoms with Crippen molar-refractivity contribution in [3.8, 4) is 0 Å². The number of aromatic carboxylic acids is 1. The number of carbonyl (C=O) groups excluding carboxylic acids is 1. The fourth-order valence-electron chi connectivity index (χ4n) is 2.19. The molecule has 1 heterocycles. The van der Waals surface area contributed by atoms with E-state index in [9.17, 15) is 9.59 Å². The molecule has 4 nitrogen and oxygen atoms in total. The van der Waals surface area contributed by atoms with E-state index in [2.05, 4.69) is 15.9 Å². The highest BCUT2D eigenvalue weighted by Crippen LogP contribution is 2.37. The van der Waals surface area contributed by atoms with E-state index in [1.807, 2.05) is 0 Å². The number of hydrogen-bond donors (Lipinski definition) is 1. The van der Waals surface area contributed by atoms with Crippen LogP contribution in [0.4, 0.5) is 5.69 Å². The first-order valence-corrected chi connectivity index (χ1v) is 9.33. The first-order valence-electron chi connectivity index (χ1n) is 6.93. The van der Waals surface area contributed by atoms with Gasteiger partial charge in [-0.1, -0.05) is 47.7 Å². The van der Waals surface area contributed by atoms with Gasteiger partial charge in [0.15, 0.2) is 4.32 Å². The van der Waals surface area contributed by atoms with E-state index in [4.69, 9.17) is 28.9 Å². The topological polar surface area (TPSA) is 57.6 Å². The maximum absolute atomic E-state index is 12.7. The number of rotatable bonds is 3. The van der Waals surface area contributed by atoms with Crippen LogP contribution in [0.3, 0.4) is 0 Å². The fourth-order valence-corrected chi connectivity index (χ4v) is 3.91. The van der Waals surface area contributed by atoms with Crippen molar-refractivity contribution < 1.29 is 14.7 Å². The van der Waals surface area contributed by atoms with E-state index in [0.29, 0.717) is 19.9 Å². The quantitative estimate of drug-likeness (QED) is 0.510. The standard InChI is InChI=1S/C17H9BrClNO3S2/c18-12-6-5-11(8-13(12)19)20-15(21)14(25-17(20)24)7-9-1-3-10(4-2-9)16(22)23/h1-8H,(H,22,23)/b14-7-. The second-order valence-electron chi connectivity index (χ2n) is 5.04. The molecule has 2 aromatic carbocycles. The second-order valence-corrected chi connectivity index (χ2v) is 7.98. The SMILES string of the molecule is O=C(O)c1ccc(/C=C2\SC(=S)N(c3ccc(Br)c(Cl)c3)C2=O)cc1. The average Bonchev–Trinajstić information content (AvgIpc) is 2.85. The lowest BCUT2D eigenvalue weighted by Gasteiger charge is -2.15. The van der Waals surface area contributed by atoms with Gasteiger partial charge in [-0.3, -0.25) is 9.69 Å². The summed E-state index contributed by atoms with van der Waals surface area (Å²) in [5, 5.41) is 9.41. The lowest BCUT2D eigenvalue weighted by molar-refractivity contribution is -0.113. The third-order valence-corrected chi connectivity index (χ3v) is 5.95. The number of carboxylic acids is 1. The van der Waals surface area contributed by atoms with Crippen LogP contribution < -0.4 is 4.90 Å². The monoisotopic (exact) mass is 453 g/mol. The molecule has 0 aromatic heterocycles. The van der Waals surface area contributed by atoms with Gasteiger partial charge in [-0.25, -0.2) is 4.79 Å². The Hall–Kier alpha value is -1.67. The number of thioether (sulfide) groups is 1. The Labute approximate surface area is 166 Å². The van der Waals surface area contributed by atoms with E-state index in [1.165, 1.54) is 28.8 Å². The van der Waals surface area contributed by atoms with Crippen molar-refractivity contribution in [2.75, 3.05) is 4.90 Å². The van der Waals surface area contributed by atoms with E-state index in [0.717, 1.165) is 10.0 Å².